The van der Waals surface area contributed by atoms with Crippen molar-refractivity contribution in [3.63, 3.8) is 0 Å². The molecule has 0 radical (unpaired) electrons. The molecule has 0 saturated heterocycles. The molecule has 0 spiro atoms. The summed E-state index contributed by atoms with van der Waals surface area (Å²) in [6.45, 7) is 4.56. The summed E-state index contributed by atoms with van der Waals surface area (Å²) in [5, 5.41) is 8.75. The molecule has 0 atom stereocenters. The minimum Gasteiger partial charge on any atom is -0.412 e. The van der Waals surface area contributed by atoms with Crippen molar-refractivity contribution in [3.05, 3.63) is 29.8 Å². The SMILES string of the molecule is CCN(CC)S(=O)(=O)Cc1cccc(NO)c1.O. The van der Waals surface area contributed by atoms with Gasteiger partial charge in [0, 0.05) is 13.1 Å². The molecule has 104 valence electrons. The Morgan fingerprint density at radius 1 is 1.28 bits per heavy atom. The standard InChI is InChI=1S/C11H18N2O3S.H2O/c1-3-13(4-2)17(15,16)9-10-6-5-7-11(8-10)12-14;/h5-8,12,14H,3-4,9H2,1-2H3;1H2. The van der Waals surface area contributed by atoms with Gasteiger partial charge in [-0.1, -0.05) is 26.0 Å². The van der Waals surface area contributed by atoms with Crippen molar-refractivity contribution in [2.75, 3.05) is 18.6 Å². The molecule has 7 heteroatoms. The number of rotatable bonds is 6. The second kappa shape index (κ2) is 7.32. The van der Waals surface area contributed by atoms with Crippen molar-refractivity contribution in [1.29, 1.82) is 0 Å². The lowest BCUT2D eigenvalue weighted by Gasteiger charge is -2.18. The van der Waals surface area contributed by atoms with Crippen LogP contribution in [0, 0.1) is 0 Å². The lowest BCUT2D eigenvalue weighted by atomic mass is 10.2. The van der Waals surface area contributed by atoms with E-state index in [0.717, 1.165) is 0 Å². The molecule has 0 aliphatic heterocycles. The first-order valence-electron chi connectivity index (χ1n) is 5.50. The van der Waals surface area contributed by atoms with E-state index >= 15 is 0 Å². The summed E-state index contributed by atoms with van der Waals surface area (Å²) in [5.74, 6) is -0.0514. The van der Waals surface area contributed by atoms with Crippen molar-refractivity contribution in [1.82, 2.24) is 4.31 Å². The molecule has 0 heterocycles. The van der Waals surface area contributed by atoms with Crippen molar-refractivity contribution in [2.24, 2.45) is 0 Å². The maximum absolute atomic E-state index is 12.0. The smallest absolute Gasteiger partial charge is 0.218 e. The molecule has 0 bridgehead atoms. The topological polar surface area (TPSA) is 101 Å². The zero-order valence-electron chi connectivity index (χ0n) is 10.5. The van der Waals surface area contributed by atoms with E-state index in [-0.39, 0.29) is 11.2 Å². The van der Waals surface area contributed by atoms with Crippen LogP contribution in [0.1, 0.15) is 19.4 Å². The van der Waals surface area contributed by atoms with Crippen LogP contribution >= 0.6 is 0 Å². The third-order valence-electron chi connectivity index (χ3n) is 2.50. The molecule has 0 saturated carbocycles. The Bertz CT molecular complexity index is 458. The predicted octanol–water partition coefficient (Wildman–Crippen LogP) is 0.835. The van der Waals surface area contributed by atoms with Crippen LogP contribution in [0.2, 0.25) is 0 Å². The summed E-state index contributed by atoms with van der Waals surface area (Å²) in [4.78, 5) is 0. The second-order valence-electron chi connectivity index (χ2n) is 3.65. The van der Waals surface area contributed by atoms with Gasteiger partial charge in [0.2, 0.25) is 10.0 Å². The monoisotopic (exact) mass is 276 g/mol. The van der Waals surface area contributed by atoms with Gasteiger partial charge in [-0.15, -0.1) is 0 Å². The number of hydrogen-bond acceptors (Lipinski definition) is 4. The van der Waals surface area contributed by atoms with Gasteiger partial charge in [-0.2, -0.15) is 0 Å². The zero-order valence-corrected chi connectivity index (χ0v) is 11.4. The summed E-state index contributed by atoms with van der Waals surface area (Å²) in [5.41, 5.74) is 3.13. The van der Waals surface area contributed by atoms with Crippen LogP contribution in [0.25, 0.3) is 0 Å². The van der Waals surface area contributed by atoms with E-state index < -0.39 is 10.0 Å². The van der Waals surface area contributed by atoms with Crippen LogP contribution in [0.4, 0.5) is 5.69 Å². The number of nitrogens with zero attached hydrogens (tertiary/aromatic N) is 1. The first-order chi connectivity index (χ1) is 8.03. The first kappa shape index (κ1) is 16.9. The largest absolute Gasteiger partial charge is 0.412 e. The molecule has 0 aliphatic rings. The van der Waals surface area contributed by atoms with Gasteiger partial charge in [-0.25, -0.2) is 12.7 Å². The highest BCUT2D eigenvalue weighted by Gasteiger charge is 2.19. The summed E-state index contributed by atoms with van der Waals surface area (Å²) in [7, 11) is -3.28. The van der Waals surface area contributed by atoms with Crippen molar-refractivity contribution >= 4 is 15.7 Å². The van der Waals surface area contributed by atoms with Crippen LogP contribution in [-0.2, 0) is 15.8 Å². The molecular weight excluding hydrogens is 256 g/mol. The third kappa shape index (κ3) is 4.26. The number of benzene rings is 1. The van der Waals surface area contributed by atoms with Crippen LogP contribution in [0.3, 0.4) is 0 Å². The van der Waals surface area contributed by atoms with Gasteiger partial charge in [-0.3, -0.25) is 10.7 Å². The van der Waals surface area contributed by atoms with Crippen molar-refractivity contribution < 1.29 is 19.1 Å². The van der Waals surface area contributed by atoms with Gasteiger partial charge in [0.05, 0.1) is 11.4 Å². The number of sulfonamides is 1. The van der Waals surface area contributed by atoms with Gasteiger partial charge in [0.1, 0.15) is 0 Å². The van der Waals surface area contributed by atoms with Crippen LogP contribution in [-0.4, -0.2) is 36.5 Å². The van der Waals surface area contributed by atoms with E-state index in [1.807, 2.05) is 19.3 Å². The molecule has 0 aromatic heterocycles. The second-order valence-corrected chi connectivity index (χ2v) is 5.62. The van der Waals surface area contributed by atoms with E-state index in [9.17, 15) is 8.42 Å². The fraction of sp³-hybridized carbons (Fsp3) is 0.455. The normalized spacial score (nSPS) is 11.1. The van der Waals surface area contributed by atoms with E-state index in [4.69, 9.17) is 5.21 Å². The maximum Gasteiger partial charge on any atom is 0.218 e. The molecular formula is C11H20N2O4S. The number of nitrogens with one attached hydrogen (secondary N) is 1. The Morgan fingerprint density at radius 2 is 1.89 bits per heavy atom. The molecule has 1 aromatic rings. The van der Waals surface area contributed by atoms with Crippen LogP contribution in [0.15, 0.2) is 24.3 Å². The molecule has 0 unspecified atom stereocenters. The van der Waals surface area contributed by atoms with Gasteiger partial charge in [0.15, 0.2) is 0 Å². The van der Waals surface area contributed by atoms with Crippen molar-refractivity contribution in [2.45, 2.75) is 19.6 Å². The molecule has 18 heavy (non-hydrogen) atoms. The average Bonchev–Trinajstić information content (AvgIpc) is 2.29. The Labute approximate surface area is 108 Å². The third-order valence-corrected chi connectivity index (χ3v) is 4.51. The summed E-state index contributed by atoms with van der Waals surface area (Å²) >= 11 is 0. The van der Waals surface area contributed by atoms with E-state index in [2.05, 4.69) is 0 Å². The fourth-order valence-electron chi connectivity index (χ4n) is 1.65. The van der Waals surface area contributed by atoms with E-state index in [1.54, 1.807) is 24.3 Å². The Kier molecular flexibility index (Phi) is 6.85. The summed E-state index contributed by atoms with van der Waals surface area (Å²) in [6.07, 6.45) is 0. The lowest BCUT2D eigenvalue weighted by molar-refractivity contribution is 0.389. The van der Waals surface area contributed by atoms with E-state index in [1.165, 1.54) is 4.31 Å². The van der Waals surface area contributed by atoms with Crippen molar-refractivity contribution in [3.8, 4) is 0 Å². The van der Waals surface area contributed by atoms with Crippen LogP contribution in [0.5, 0.6) is 0 Å². The van der Waals surface area contributed by atoms with Gasteiger partial charge in [0.25, 0.3) is 0 Å². The molecule has 0 fully saturated rings. The van der Waals surface area contributed by atoms with Gasteiger partial charge >= 0.3 is 0 Å². The molecule has 1 aromatic carbocycles. The Balaban J connectivity index is 0.00000289. The molecule has 1 rings (SSSR count). The number of anilines is 1. The first-order valence-corrected chi connectivity index (χ1v) is 7.11. The average molecular weight is 276 g/mol. The molecule has 6 nitrogen and oxygen atoms in total. The highest BCUT2D eigenvalue weighted by atomic mass is 32.2. The summed E-state index contributed by atoms with van der Waals surface area (Å²) < 4.78 is 25.4. The summed E-state index contributed by atoms with van der Waals surface area (Å²) in [6, 6.07) is 6.70. The minimum absolute atomic E-state index is 0. The minimum atomic E-state index is -3.28. The quantitative estimate of drug-likeness (QED) is 0.751. The predicted molar refractivity (Wildman–Crippen MR) is 71.0 cm³/mol. The molecule has 4 N–H and O–H groups in total. The van der Waals surface area contributed by atoms with Gasteiger partial charge < -0.3 is 5.48 Å². The highest BCUT2D eigenvalue weighted by Crippen LogP contribution is 2.14. The van der Waals surface area contributed by atoms with E-state index in [0.29, 0.717) is 24.3 Å². The van der Waals surface area contributed by atoms with Crippen LogP contribution < -0.4 is 5.48 Å². The lowest BCUT2D eigenvalue weighted by Crippen LogP contribution is -2.31. The Hall–Kier alpha value is -1.15. The molecule has 0 amide bonds. The number of hydrogen-bond donors (Lipinski definition) is 2. The van der Waals surface area contributed by atoms with Gasteiger partial charge in [-0.05, 0) is 17.7 Å². The maximum atomic E-state index is 12.0. The Morgan fingerprint density at radius 3 is 2.39 bits per heavy atom. The highest BCUT2D eigenvalue weighted by molar-refractivity contribution is 7.88. The molecule has 0 aliphatic carbocycles. The fourth-order valence-corrected chi connectivity index (χ4v) is 3.22. The zero-order chi connectivity index (χ0) is 12.9.